The van der Waals surface area contributed by atoms with Crippen molar-refractivity contribution in [2.75, 3.05) is 36.4 Å². The molecule has 0 radical (unpaired) electrons. The van der Waals surface area contributed by atoms with Crippen LogP contribution >= 0.6 is 0 Å². The third-order valence-electron chi connectivity index (χ3n) is 7.34. The minimum absolute atomic E-state index is 0.0755. The van der Waals surface area contributed by atoms with Crippen molar-refractivity contribution in [3.8, 4) is 0 Å². The summed E-state index contributed by atoms with van der Waals surface area (Å²) in [4.78, 5) is 58.2. The van der Waals surface area contributed by atoms with Gasteiger partial charge in [0.25, 0.3) is 5.91 Å². The Morgan fingerprint density at radius 3 is 2.40 bits per heavy atom. The number of ether oxygens (including phenoxy) is 1. The van der Waals surface area contributed by atoms with Crippen molar-refractivity contribution < 1.29 is 29.0 Å². The van der Waals surface area contributed by atoms with E-state index < -0.39 is 24.0 Å². The number of anilines is 2. The third kappa shape index (κ3) is 7.42. The summed E-state index contributed by atoms with van der Waals surface area (Å²) in [6, 6.07) is 16.8. The maximum absolute atomic E-state index is 13.3. The highest BCUT2D eigenvalue weighted by Gasteiger charge is 2.35. The molecule has 1 aliphatic heterocycles. The summed E-state index contributed by atoms with van der Waals surface area (Å²) in [5, 5.41) is 15.0. The van der Waals surface area contributed by atoms with E-state index in [-0.39, 0.29) is 30.4 Å². The van der Waals surface area contributed by atoms with Crippen LogP contribution in [0.25, 0.3) is 0 Å². The fourth-order valence-corrected chi connectivity index (χ4v) is 4.93. The largest absolute Gasteiger partial charge is 0.481 e. The van der Waals surface area contributed by atoms with Gasteiger partial charge in [-0.25, -0.2) is 4.79 Å². The monoisotopic (exact) mass is 571 g/mol. The summed E-state index contributed by atoms with van der Waals surface area (Å²) in [7, 11) is 0. The zero-order valence-corrected chi connectivity index (χ0v) is 23.1. The van der Waals surface area contributed by atoms with E-state index in [2.05, 4.69) is 20.5 Å². The number of hydrogen-bond acceptors (Lipinski definition) is 7. The molecule has 5 rings (SSSR count). The van der Waals surface area contributed by atoms with Gasteiger partial charge in [0, 0.05) is 50.1 Å². The molecule has 1 saturated carbocycles. The summed E-state index contributed by atoms with van der Waals surface area (Å²) < 4.78 is 5.43. The zero-order valence-electron chi connectivity index (χ0n) is 23.1. The van der Waals surface area contributed by atoms with Crippen LogP contribution in [0.1, 0.15) is 46.8 Å². The van der Waals surface area contributed by atoms with Gasteiger partial charge in [0.1, 0.15) is 6.61 Å². The summed E-state index contributed by atoms with van der Waals surface area (Å²) in [6.45, 7) is 2.35. The number of nitrogens with zero attached hydrogens (tertiary/aromatic N) is 3. The van der Waals surface area contributed by atoms with E-state index in [1.165, 1.54) is 6.20 Å². The second kappa shape index (κ2) is 13.2. The molecular weight excluding hydrogens is 538 g/mol. The van der Waals surface area contributed by atoms with Crippen molar-refractivity contribution >= 4 is 35.3 Å². The van der Waals surface area contributed by atoms with Crippen LogP contribution in [-0.4, -0.2) is 65.0 Å². The van der Waals surface area contributed by atoms with Crippen molar-refractivity contribution in [1.29, 1.82) is 0 Å². The van der Waals surface area contributed by atoms with E-state index in [1.807, 2.05) is 35.2 Å². The molecule has 218 valence electrons. The molecule has 1 unspecified atom stereocenters. The van der Waals surface area contributed by atoms with Crippen LogP contribution in [0.2, 0.25) is 0 Å². The highest BCUT2D eigenvalue weighted by molar-refractivity contribution is 5.99. The fraction of sp³-hybridized carbons (Fsp3) is 0.323. The number of piperazine rings is 1. The van der Waals surface area contributed by atoms with E-state index in [9.17, 15) is 24.3 Å². The summed E-state index contributed by atoms with van der Waals surface area (Å²) in [6.07, 6.45) is 3.99. The van der Waals surface area contributed by atoms with Gasteiger partial charge in [-0.3, -0.25) is 24.7 Å². The molecule has 1 aliphatic carbocycles. The number of rotatable bonds is 10. The quantitative estimate of drug-likeness (QED) is 0.333. The Labute approximate surface area is 243 Å². The predicted molar refractivity (Wildman–Crippen MR) is 155 cm³/mol. The minimum Gasteiger partial charge on any atom is -0.481 e. The van der Waals surface area contributed by atoms with Crippen LogP contribution in [0.3, 0.4) is 0 Å². The molecule has 42 heavy (non-hydrogen) atoms. The Balaban J connectivity index is 1.34. The van der Waals surface area contributed by atoms with Crippen LogP contribution < -0.4 is 15.5 Å². The number of carbonyl (C=O) groups is 4. The molecule has 3 amide bonds. The van der Waals surface area contributed by atoms with Crippen LogP contribution in [0.5, 0.6) is 0 Å². The normalized spacial score (nSPS) is 15.4. The number of nitrogens with one attached hydrogen (secondary N) is 2. The number of benzene rings is 2. The lowest BCUT2D eigenvalue weighted by Crippen LogP contribution is -2.49. The maximum atomic E-state index is 13.3. The number of aromatic nitrogens is 1. The molecule has 11 nitrogen and oxygen atoms in total. The molecule has 3 aromatic rings. The van der Waals surface area contributed by atoms with Crippen molar-refractivity contribution in [2.45, 2.75) is 31.9 Å². The number of aliphatic carboxylic acids is 1. The lowest BCUT2D eigenvalue weighted by atomic mass is 10.0. The summed E-state index contributed by atoms with van der Waals surface area (Å²) >= 11 is 0. The fourth-order valence-electron chi connectivity index (χ4n) is 4.93. The Morgan fingerprint density at radius 2 is 1.74 bits per heavy atom. The molecular formula is C31H33N5O6. The van der Waals surface area contributed by atoms with Gasteiger partial charge in [-0.15, -0.1) is 0 Å². The zero-order chi connectivity index (χ0) is 29.5. The van der Waals surface area contributed by atoms with Gasteiger partial charge in [0.2, 0.25) is 5.91 Å². The number of carbonyl (C=O) groups excluding carboxylic acids is 3. The standard InChI is InChI=1S/C31H33N5O6/c37-28(38)18-25(24-7-4-12-32-19-24)33-29(39)23-10-11-27(35-13-15-36(16-14-35)30(40)22-8-9-22)26(17-23)34-31(41)42-20-21-5-2-1-3-6-21/h1-7,10-12,17,19,22,25H,8-9,13-16,18,20H2,(H,33,39)(H,34,41)(H,37,38). The van der Waals surface area contributed by atoms with Gasteiger partial charge in [-0.2, -0.15) is 0 Å². The molecule has 3 N–H and O–H groups in total. The number of amides is 3. The molecule has 2 aliphatic rings. The second-order valence-electron chi connectivity index (χ2n) is 10.4. The Hall–Kier alpha value is -4.93. The molecule has 1 saturated heterocycles. The Bertz CT molecular complexity index is 1420. The van der Waals surface area contributed by atoms with Crippen LogP contribution in [0.4, 0.5) is 16.2 Å². The predicted octanol–water partition coefficient (Wildman–Crippen LogP) is 3.83. The molecule has 1 atom stereocenters. The molecule has 2 fully saturated rings. The first-order chi connectivity index (χ1) is 20.4. The van der Waals surface area contributed by atoms with Crippen LogP contribution in [0, 0.1) is 5.92 Å². The van der Waals surface area contributed by atoms with E-state index in [0.29, 0.717) is 43.1 Å². The lowest BCUT2D eigenvalue weighted by Gasteiger charge is -2.37. The molecule has 2 aromatic carbocycles. The first kappa shape index (κ1) is 28.6. The third-order valence-corrected chi connectivity index (χ3v) is 7.34. The number of pyridine rings is 1. The highest BCUT2D eigenvalue weighted by atomic mass is 16.5. The van der Waals surface area contributed by atoms with Gasteiger partial charge in [0.15, 0.2) is 0 Å². The SMILES string of the molecule is O=C(O)CC(NC(=O)c1ccc(N2CCN(C(=O)C3CC3)CC2)c(NC(=O)OCc2ccccc2)c1)c1cccnc1. The maximum Gasteiger partial charge on any atom is 0.412 e. The highest BCUT2D eigenvalue weighted by Crippen LogP contribution is 2.33. The lowest BCUT2D eigenvalue weighted by molar-refractivity contribution is -0.137. The van der Waals surface area contributed by atoms with Crippen molar-refractivity contribution in [2.24, 2.45) is 5.92 Å². The minimum atomic E-state index is -1.07. The van der Waals surface area contributed by atoms with Crippen molar-refractivity contribution in [3.63, 3.8) is 0 Å². The van der Waals surface area contributed by atoms with Gasteiger partial charge in [0.05, 0.1) is 23.8 Å². The van der Waals surface area contributed by atoms with E-state index in [4.69, 9.17) is 4.74 Å². The van der Waals surface area contributed by atoms with Gasteiger partial charge < -0.3 is 25.0 Å². The van der Waals surface area contributed by atoms with E-state index in [1.54, 1.807) is 36.5 Å². The molecule has 0 spiro atoms. The Kier molecular flexibility index (Phi) is 8.96. The van der Waals surface area contributed by atoms with E-state index >= 15 is 0 Å². The summed E-state index contributed by atoms with van der Waals surface area (Å²) in [5.41, 5.74) is 2.69. The number of hydrogen-bond donors (Lipinski definition) is 3. The first-order valence-electron chi connectivity index (χ1n) is 14.0. The van der Waals surface area contributed by atoms with Crippen LogP contribution in [0.15, 0.2) is 73.1 Å². The number of carboxylic acids is 1. The van der Waals surface area contributed by atoms with Gasteiger partial charge >= 0.3 is 12.1 Å². The van der Waals surface area contributed by atoms with Crippen molar-refractivity contribution in [3.05, 3.63) is 89.7 Å². The molecule has 0 bridgehead atoms. The van der Waals surface area contributed by atoms with Gasteiger partial charge in [-0.1, -0.05) is 36.4 Å². The van der Waals surface area contributed by atoms with Gasteiger partial charge in [-0.05, 0) is 48.2 Å². The topological polar surface area (TPSA) is 141 Å². The summed E-state index contributed by atoms with van der Waals surface area (Å²) in [5.74, 6) is -1.21. The van der Waals surface area contributed by atoms with Crippen molar-refractivity contribution in [1.82, 2.24) is 15.2 Å². The van der Waals surface area contributed by atoms with E-state index in [0.717, 1.165) is 18.4 Å². The molecule has 2 heterocycles. The molecule has 11 heteroatoms. The average molecular weight is 572 g/mol. The average Bonchev–Trinajstić information content (AvgIpc) is 3.86. The smallest absolute Gasteiger partial charge is 0.412 e. The second-order valence-corrected chi connectivity index (χ2v) is 10.4. The van der Waals surface area contributed by atoms with Crippen LogP contribution in [-0.2, 0) is 20.9 Å². The first-order valence-corrected chi connectivity index (χ1v) is 14.0. The number of carboxylic acid groups (broad SMARTS) is 1. The molecule has 1 aromatic heterocycles. The Morgan fingerprint density at radius 1 is 0.976 bits per heavy atom.